The molecule has 2 aromatic heterocycles. The number of pyridine rings is 1. The van der Waals surface area contributed by atoms with Gasteiger partial charge in [0.2, 0.25) is 0 Å². The Morgan fingerprint density at radius 1 is 1.00 bits per heavy atom. The molecule has 1 aliphatic rings. The van der Waals surface area contributed by atoms with E-state index in [9.17, 15) is 0 Å². The van der Waals surface area contributed by atoms with Crippen LogP contribution in [0.1, 0.15) is 12.2 Å². The minimum absolute atomic E-state index is 0.862. The minimum Gasteiger partial charge on any atom is -0.497 e. The van der Waals surface area contributed by atoms with Crippen LogP contribution in [-0.4, -0.2) is 21.6 Å². The lowest BCUT2D eigenvalue weighted by Gasteiger charge is -2.08. The van der Waals surface area contributed by atoms with Crippen LogP contribution in [0.25, 0.3) is 22.5 Å². The number of rotatable bonds is 3. The number of ether oxygens (including phenoxy) is 1. The first kappa shape index (κ1) is 13.1. The van der Waals surface area contributed by atoms with Gasteiger partial charge >= 0.3 is 0 Å². The van der Waals surface area contributed by atoms with E-state index in [0.717, 1.165) is 30.0 Å². The Labute approximate surface area is 129 Å². The summed E-state index contributed by atoms with van der Waals surface area (Å²) in [7, 11) is 1.68. The minimum atomic E-state index is 0.862. The predicted molar refractivity (Wildman–Crippen MR) is 85.8 cm³/mol. The van der Waals surface area contributed by atoms with Gasteiger partial charge in [-0.15, -0.1) is 0 Å². The topological polar surface area (TPSA) is 39.9 Å². The van der Waals surface area contributed by atoms with E-state index in [1.807, 2.05) is 24.5 Å². The number of methoxy groups -OCH3 is 1. The van der Waals surface area contributed by atoms with E-state index < -0.39 is 0 Å². The SMILES string of the molecule is COc1ccc(-c2nc3n(c2-c2ccncc2)CCC3)cc1. The van der Waals surface area contributed by atoms with Crippen LogP contribution in [0.15, 0.2) is 48.8 Å². The van der Waals surface area contributed by atoms with Crippen molar-refractivity contribution < 1.29 is 4.74 Å². The number of fused-ring (bicyclic) bond motifs is 1. The van der Waals surface area contributed by atoms with Crippen LogP contribution in [0, 0.1) is 0 Å². The van der Waals surface area contributed by atoms with Crippen molar-refractivity contribution in [2.24, 2.45) is 0 Å². The zero-order valence-corrected chi connectivity index (χ0v) is 12.5. The number of aromatic nitrogens is 3. The summed E-state index contributed by atoms with van der Waals surface area (Å²) >= 11 is 0. The third-order valence-electron chi connectivity index (χ3n) is 4.15. The van der Waals surface area contributed by atoms with E-state index in [2.05, 4.69) is 33.8 Å². The molecule has 22 heavy (non-hydrogen) atoms. The van der Waals surface area contributed by atoms with Gasteiger partial charge in [0, 0.05) is 36.5 Å². The zero-order valence-electron chi connectivity index (χ0n) is 12.5. The number of imidazole rings is 1. The predicted octanol–water partition coefficient (Wildman–Crippen LogP) is 3.57. The maximum atomic E-state index is 5.25. The van der Waals surface area contributed by atoms with Crippen molar-refractivity contribution >= 4 is 0 Å². The summed E-state index contributed by atoms with van der Waals surface area (Å²) in [6.45, 7) is 1.04. The van der Waals surface area contributed by atoms with Crippen molar-refractivity contribution in [2.75, 3.05) is 7.11 Å². The Kier molecular flexibility index (Phi) is 3.15. The molecule has 1 aliphatic heterocycles. The number of hydrogen-bond donors (Lipinski definition) is 0. The first-order chi connectivity index (χ1) is 10.9. The molecule has 0 atom stereocenters. The Hall–Kier alpha value is -2.62. The molecular weight excluding hydrogens is 274 g/mol. The molecule has 0 unspecified atom stereocenters. The molecule has 0 saturated carbocycles. The van der Waals surface area contributed by atoms with Crippen LogP contribution in [0.2, 0.25) is 0 Å². The fraction of sp³-hybridized carbons (Fsp3) is 0.222. The molecule has 4 rings (SSSR count). The fourth-order valence-corrected chi connectivity index (χ4v) is 3.08. The lowest BCUT2D eigenvalue weighted by molar-refractivity contribution is 0.415. The average Bonchev–Trinajstić information content (AvgIpc) is 3.16. The Morgan fingerprint density at radius 2 is 1.77 bits per heavy atom. The van der Waals surface area contributed by atoms with Gasteiger partial charge in [-0.1, -0.05) is 0 Å². The van der Waals surface area contributed by atoms with Crippen molar-refractivity contribution in [3.05, 3.63) is 54.6 Å². The smallest absolute Gasteiger partial charge is 0.118 e. The Morgan fingerprint density at radius 3 is 2.50 bits per heavy atom. The Balaban J connectivity index is 1.89. The molecule has 0 bridgehead atoms. The van der Waals surface area contributed by atoms with Crippen LogP contribution in [-0.2, 0) is 13.0 Å². The van der Waals surface area contributed by atoms with Gasteiger partial charge in [-0.2, -0.15) is 0 Å². The molecule has 1 aromatic carbocycles. The molecule has 3 heterocycles. The fourth-order valence-electron chi connectivity index (χ4n) is 3.08. The maximum Gasteiger partial charge on any atom is 0.118 e. The van der Waals surface area contributed by atoms with Crippen molar-refractivity contribution in [1.29, 1.82) is 0 Å². The van der Waals surface area contributed by atoms with Gasteiger partial charge in [0.1, 0.15) is 11.6 Å². The second-order valence-corrected chi connectivity index (χ2v) is 5.44. The molecule has 0 amide bonds. The quantitative estimate of drug-likeness (QED) is 0.740. The van der Waals surface area contributed by atoms with Crippen molar-refractivity contribution in [3.63, 3.8) is 0 Å². The Bertz CT molecular complexity index is 791. The number of aryl methyl sites for hydroxylation is 1. The summed E-state index contributed by atoms with van der Waals surface area (Å²) in [6, 6.07) is 12.2. The summed E-state index contributed by atoms with van der Waals surface area (Å²) in [4.78, 5) is 9.02. The molecule has 0 radical (unpaired) electrons. The van der Waals surface area contributed by atoms with Crippen molar-refractivity contribution in [1.82, 2.24) is 14.5 Å². The molecule has 4 heteroatoms. The van der Waals surface area contributed by atoms with Crippen LogP contribution < -0.4 is 4.74 Å². The number of nitrogens with zero attached hydrogens (tertiary/aromatic N) is 3. The number of benzene rings is 1. The summed E-state index contributed by atoms with van der Waals surface area (Å²) in [5.41, 5.74) is 4.53. The van der Waals surface area contributed by atoms with Gasteiger partial charge in [0.05, 0.1) is 18.5 Å². The average molecular weight is 291 g/mol. The van der Waals surface area contributed by atoms with Gasteiger partial charge in [0.25, 0.3) is 0 Å². The normalized spacial score (nSPS) is 13.1. The molecule has 0 spiro atoms. The highest BCUT2D eigenvalue weighted by Gasteiger charge is 2.22. The van der Waals surface area contributed by atoms with E-state index in [4.69, 9.17) is 9.72 Å². The third-order valence-corrected chi connectivity index (χ3v) is 4.15. The molecule has 0 saturated heterocycles. The maximum absolute atomic E-state index is 5.25. The van der Waals surface area contributed by atoms with Crippen LogP contribution >= 0.6 is 0 Å². The summed E-state index contributed by atoms with van der Waals surface area (Å²) in [5.74, 6) is 2.04. The largest absolute Gasteiger partial charge is 0.497 e. The van der Waals surface area contributed by atoms with Crippen LogP contribution in [0.4, 0.5) is 0 Å². The summed E-state index contributed by atoms with van der Waals surface area (Å²) < 4.78 is 7.59. The molecular formula is C18H17N3O. The van der Waals surface area contributed by atoms with E-state index in [1.165, 1.54) is 23.5 Å². The van der Waals surface area contributed by atoms with Gasteiger partial charge < -0.3 is 9.30 Å². The third kappa shape index (κ3) is 2.08. The van der Waals surface area contributed by atoms with Gasteiger partial charge in [-0.3, -0.25) is 4.98 Å². The van der Waals surface area contributed by atoms with Gasteiger partial charge in [-0.05, 0) is 42.8 Å². The molecule has 4 nitrogen and oxygen atoms in total. The molecule has 0 aliphatic carbocycles. The molecule has 0 fully saturated rings. The van der Waals surface area contributed by atoms with Gasteiger partial charge in [-0.25, -0.2) is 4.98 Å². The molecule has 3 aromatic rings. The monoisotopic (exact) mass is 291 g/mol. The second-order valence-electron chi connectivity index (χ2n) is 5.44. The summed E-state index contributed by atoms with van der Waals surface area (Å²) in [6.07, 6.45) is 5.89. The highest BCUT2D eigenvalue weighted by molar-refractivity contribution is 5.79. The summed E-state index contributed by atoms with van der Waals surface area (Å²) in [5, 5.41) is 0. The van der Waals surface area contributed by atoms with E-state index in [1.54, 1.807) is 7.11 Å². The highest BCUT2D eigenvalue weighted by atomic mass is 16.5. The zero-order chi connectivity index (χ0) is 14.9. The van der Waals surface area contributed by atoms with Crippen LogP contribution in [0.3, 0.4) is 0 Å². The first-order valence-corrected chi connectivity index (χ1v) is 7.51. The van der Waals surface area contributed by atoms with E-state index in [-0.39, 0.29) is 0 Å². The molecule has 110 valence electrons. The second kappa shape index (κ2) is 5.30. The lowest BCUT2D eigenvalue weighted by atomic mass is 10.1. The van der Waals surface area contributed by atoms with Crippen molar-refractivity contribution in [3.8, 4) is 28.3 Å². The van der Waals surface area contributed by atoms with E-state index >= 15 is 0 Å². The standard InChI is InChI=1S/C18H17N3O/c1-22-15-6-4-13(5-7-15)17-18(14-8-10-19-11-9-14)21-12-2-3-16(21)20-17/h4-11H,2-3,12H2,1H3. The van der Waals surface area contributed by atoms with Gasteiger partial charge in [0.15, 0.2) is 0 Å². The first-order valence-electron chi connectivity index (χ1n) is 7.51. The van der Waals surface area contributed by atoms with Crippen molar-refractivity contribution in [2.45, 2.75) is 19.4 Å². The molecule has 0 N–H and O–H groups in total. The number of hydrogen-bond acceptors (Lipinski definition) is 3. The van der Waals surface area contributed by atoms with Crippen LogP contribution in [0.5, 0.6) is 5.75 Å². The lowest BCUT2D eigenvalue weighted by Crippen LogP contribution is -1.96. The van der Waals surface area contributed by atoms with E-state index in [0.29, 0.717) is 0 Å². The highest BCUT2D eigenvalue weighted by Crippen LogP contribution is 2.35.